The summed E-state index contributed by atoms with van der Waals surface area (Å²) < 4.78 is 32.8. The van der Waals surface area contributed by atoms with Crippen LogP contribution in [-0.4, -0.2) is 14.3 Å². The number of amides is 1. The number of anilines is 1. The Morgan fingerprint density at radius 2 is 1.79 bits per heavy atom. The van der Waals surface area contributed by atoms with Crippen LogP contribution in [0.15, 0.2) is 70.2 Å². The Bertz CT molecular complexity index is 1090. The summed E-state index contributed by atoms with van der Waals surface area (Å²) >= 11 is 0. The molecule has 28 heavy (non-hydrogen) atoms. The van der Waals surface area contributed by atoms with Gasteiger partial charge in [-0.25, -0.2) is 13.1 Å². The second-order valence-electron chi connectivity index (χ2n) is 6.74. The lowest BCUT2D eigenvalue weighted by Crippen LogP contribution is -2.23. The van der Waals surface area contributed by atoms with Crippen molar-refractivity contribution in [2.75, 3.05) is 5.32 Å². The predicted octanol–water partition coefficient (Wildman–Crippen LogP) is 3.50. The summed E-state index contributed by atoms with van der Waals surface area (Å²) in [5.74, 6) is -0.110. The molecule has 3 aromatic rings. The number of rotatable bonds is 6. The average molecular weight is 396 g/mol. The van der Waals surface area contributed by atoms with Gasteiger partial charge in [0.2, 0.25) is 10.0 Å². The second-order valence-corrected chi connectivity index (χ2v) is 8.50. The van der Waals surface area contributed by atoms with Crippen LogP contribution in [0.3, 0.4) is 0 Å². The smallest absolute Gasteiger partial charge is 0.291 e. The SMILES string of the molecule is O=C(Nc1ccc(CNS(=O)(=O)c2ccc3c(c2)CCC3)cc1)c1ccco1. The fourth-order valence-corrected chi connectivity index (χ4v) is 4.35. The summed E-state index contributed by atoms with van der Waals surface area (Å²) in [6, 6.07) is 15.6. The zero-order valence-corrected chi connectivity index (χ0v) is 16.0. The molecular weight excluding hydrogens is 376 g/mol. The molecule has 2 aromatic carbocycles. The molecule has 0 spiro atoms. The first-order valence-electron chi connectivity index (χ1n) is 9.06. The van der Waals surface area contributed by atoms with Gasteiger partial charge in [0.05, 0.1) is 11.2 Å². The van der Waals surface area contributed by atoms with Crippen LogP contribution in [0, 0.1) is 0 Å². The third-order valence-electron chi connectivity index (χ3n) is 4.80. The number of carbonyl (C=O) groups is 1. The lowest BCUT2D eigenvalue weighted by Gasteiger charge is -2.09. The van der Waals surface area contributed by atoms with Crippen molar-refractivity contribution < 1.29 is 17.6 Å². The Labute approximate surface area is 163 Å². The summed E-state index contributed by atoms with van der Waals surface area (Å²) in [6.07, 6.45) is 4.47. The van der Waals surface area contributed by atoms with Crippen molar-refractivity contribution >= 4 is 21.6 Å². The van der Waals surface area contributed by atoms with E-state index in [1.54, 1.807) is 48.5 Å². The van der Waals surface area contributed by atoms with Crippen LogP contribution in [0.2, 0.25) is 0 Å². The molecule has 0 saturated heterocycles. The highest BCUT2D eigenvalue weighted by molar-refractivity contribution is 7.89. The van der Waals surface area contributed by atoms with E-state index in [1.807, 2.05) is 6.07 Å². The van der Waals surface area contributed by atoms with Crippen molar-refractivity contribution in [3.05, 3.63) is 83.3 Å². The number of nitrogens with one attached hydrogen (secondary N) is 2. The quantitative estimate of drug-likeness (QED) is 0.667. The Morgan fingerprint density at radius 3 is 2.54 bits per heavy atom. The molecule has 1 aliphatic carbocycles. The van der Waals surface area contributed by atoms with Gasteiger partial charge in [0.25, 0.3) is 5.91 Å². The molecule has 0 bridgehead atoms. The molecule has 7 heteroatoms. The molecule has 1 aliphatic rings. The zero-order chi connectivity index (χ0) is 19.6. The van der Waals surface area contributed by atoms with Gasteiger partial charge >= 0.3 is 0 Å². The Hall–Kier alpha value is -2.90. The maximum atomic E-state index is 12.6. The molecule has 1 amide bonds. The second kappa shape index (κ2) is 7.61. The van der Waals surface area contributed by atoms with E-state index in [4.69, 9.17) is 4.42 Å². The minimum atomic E-state index is -3.57. The van der Waals surface area contributed by atoms with Gasteiger partial charge in [0, 0.05) is 12.2 Å². The van der Waals surface area contributed by atoms with E-state index in [-0.39, 0.29) is 18.2 Å². The first-order valence-corrected chi connectivity index (χ1v) is 10.5. The monoisotopic (exact) mass is 396 g/mol. The minimum absolute atomic E-state index is 0.172. The van der Waals surface area contributed by atoms with Crippen LogP contribution in [0.4, 0.5) is 5.69 Å². The number of carbonyl (C=O) groups excluding carboxylic acids is 1. The zero-order valence-electron chi connectivity index (χ0n) is 15.1. The highest BCUT2D eigenvalue weighted by Crippen LogP contribution is 2.24. The van der Waals surface area contributed by atoms with Crippen LogP contribution in [0.5, 0.6) is 0 Å². The van der Waals surface area contributed by atoms with Crippen molar-refractivity contribution in [2.45, 2.75) is 30.7 Å². The van der Waals surface area contributed by atoms with Gasteiger partial charge in [0.15, 0.2) is 5.76 Å². The van der Waals surface area contributed by atoms with Crippen molar-refractivity contribution in [2.24, 2.45) is 0 Å². The Kier molecular flexibility index (Phi) is 5.02. The number of benzene rings is 2. The number of furan rings is 1. The van der Waals surface area contributed by atoms with E-state index in [9.17, 15) is 13.2 Å². The van der Waals surface area contributed by atoms with Crippen molar-refractivity contribution in [3.63, 3.8) is 0 Å². The third kappa shape index (κ3) is 4.00. The number of aryl methyl sites for hydroxylation is 2. The highest BCUT2D eigenvalue weighted by atomic mass is 32.2. The van der Waals surface area contributed by atoms with Gasteiger partial charge in [-0.15, -0.1) is 0 Å². The lowest BCUT2D eigenvalue weighted by atomic mass is 10.1. The molecule has 0 unspecified atom stereocenters. The summed E-state index contributed by atoms with van der Waals surface area (Å²) in [5, 5.41) is 2.72. The van der Waals surface area contributed by atoms with Gasteiger partial charge in [-0.3, -0.25) is 4.79 Å². The molecule has 4 rings (SSSR count). The third-order valence-corrected chi connectivity index (χ3v) is 6.20. The van der Waals surface area contributed by atoms with Crippen molar-refractivity contribution in [1.29, 1.82) is 0 Å². The maximum absolute atomic E-state index is 12.6. The summed E-state index contributed by atoms with van der Waals surface area (Å²) in [5.41, 5.74) is 3.76. The van der Waals surface area contributed by atoms with Gasteiger partial charge in [-0.1, -0.05) is 18.2 Å². The normalized spacial score (nSPS) is 13.3. The fourth-order valence-electron chi connectivity index (χ4n) is 3.28. The first kappa shape index (κ1) is 18.5. The molecule has 1 heterocycles. The number of hydrogen-bond acceptors (Lipinski definition) is 4. The van der Waals surface area contributed by atoms with Gasteiger partial charge in [-0.2, -0.15) is 0 Å². The number of fused-ring (bicyclic) bond motifs is 1. The van der Waals surface area contributed by atoms with E-state index in [0.29, 0.717) is 10.6 Å². The Balaban J connectivity index is 1.38. The maximum Gasteiger partial charge on any atom is 0.291 e. The summed E-state index contributed by atoms with van der Waals surface area (Å²) in [6.45, 7) is 0.172. The average Bonchev–Trinajstić information content (AvgIpc) is 3.38. The van der Waals surface area contributed by atoms with Gasteiger partial charge < -0.3 is 9.73 Å². The van der Waals surface area contributed by atoms with E-state index >= 15 is 0 Å². The minimum Gasteiger partial charge on any atom is -0.459 e. The van der Waals surface area contributed by atoms with Gasteiger partial charge in [0.1, 0.15) is 0 Å². The van der Waals surface area contributed by atoms with Crippen molar-refractivity contribution in [3.8, 4) is 0 Å². The van der Waals surface area contributed by atoms with E-state index in [2.05, 4.69) is 10.0 Å². The molecule has 0 saturated carbocycles. The topological polar surface area (TPSA) is 88.4 Å². The van der Waals surface area contributed by atoms with Crippen LogP contribution in [0.1, 0.15) is 33.7 Å². The molecule has 6 nitrogen and oxygen atoms in total. The molecule has 144 valence electrons. The first-order chi connectivity index (χ1) is 13.5. The molecule has 0 atom stereocenters. The largest absolute Gasteiger partial charge is 0.459 e. The molecule has 2 N–H and O–H groups in total. The standard InChI is InChI=1S/C21H20N2O4S/c24-21(20-5-2-12-27-20)23-18-9-6-15(7-10-18)14-22-28(25,26)19-11-8-16-3-1-4-17(16)13-19/h2,5-13,22H,1,3-4,14H2,(H,23,24). The van der Waals surface area contributed by atoms with Crippen molar-refractivity contribution in [1.82, 2.24) is 4.72 Å². The van der Waals surface area contributed by atoms with E-state index in [0.717, 1.165) is 30.4 Å². The molecule has 0 fully saturated rings. The molecule has 0 radical (unpaired) electrons. The summed E-state index contributed by atoms with van der Waals surface area (Å²) in [4.78, 5) is 12.3. The lowest BCUT2D eigenvalue weighted by molar-refractivity contribution is 0.0996. The van der Waals surface area contributed by atoms with Gasteiger partial charge in [-0.05, 0) is 72.4 Å². The summed E-state index contributed by atoms with van der Waals surface area (Å²) in [7, 11) is -3.57. The molecular formula is C21H20N2O4S. The van der Waals surface area contributed by atoms with E-state index < -0.39 is 10.0 Å². The van der Waals surface area contributed by atoms with E-state index in [1.165, 1.54) is 11.8 Å². The van der Waals surface area contributed by atoms with Crippen LogP contribution in [0.25, 0.3) is 0 Å². The Morgan fingerprint density at radius 1 is 1.00 bits per heavy atom. The number of sulfonamides is 1. The molecule has 0 aliphatic heterocycles. The number of hydrogen-bond donors (Lipinski definition) is 2. The molecule has 1 aromatic heterocycles. The highest BCUT2D eigenvalue weighted by Gasteiger charge is 2.18. The fraction of sp³-hybridized carbons (Fsp3) is 0.190. The predicted molar refractivity (Wildman–Crippen MR) is 106 cm³/mol. The van der Waals surface area contributed by atoms with Crippen LogP contribution >= 0.6 is 0 Å². The van der Waals surface area contributed by atoms with Crippen LogP contribution < -0.4 is 10.0 Å². The van der Waals surface area contributed by atoms with Crippen LogP contribution in [-0.2, 0) is 29.4 Å².